The van der Waals surface area contributed by atoms with Crippen molar-refractivity contribution in [3.8, 4) is 0 Å². The molecule has 0 aliphatic carbocycles. The van der Waals surface area contributed by atoms with Crippen LogP contribution in [0.5, 0.6) is 0 Å². The Balaban J connectivity index is 1.78. The van der Waals surface area contributed by atoms with E-state index in [4.69, 9.17) is 0 Å². The van der Waals surface area contributed by atoms with Crippen molar-refractivity contribution in [2.45, 2.75) is 44.6 Å². The average Bonchev–Trinajstić information content (AvgIpc) is 2.69. The van der Waals surface area contributed by atoms with Crippen molar-refractivity contribution < 1.29 is 4.79 Å². The van der Waals surface area contributed by atoms with Crippen LogP contribution in [0.4, 0.5) is 0 Å². The van der Waals surface area contributed by atoms with Crippen LogP contribution in [0.2, 0.25) is 0 Å². The van der Waals surface area contributed by atoms with Gasteiger partial charge in [0.2, 0.25) is 5.91 Å². The molecule has 0 bridgehead atoms. The van der Waals surface area contributed by atoms with Crippen LogP contribution < -0.4 is 5.32 Å². The molecule has 19 heavy (non-hydrogen) atoms. The Hall–Kier alpha value is -0.610. The van der Waals surface area contributed by atoms with Crippen LogP contribution in [0.1, 0.15) is 38.5 Å². The molecule has 0 aromatic heterocycles. The molecule has 0 aromatic carbocycles. The minimum Gasteiger partial charge on any atom is -0.344 e. The zero-order valence-electron chi connectivity index (χ0n) is 12.5. The molecular formula is C15H29N3O. The van der Waals surface area contributed by atoms with Crippen LogP contribution in [-0.4, -0.2) is 62.0 Å². The SMILES string of the molecule is CN1CCC(CN(C)C(=O)C2CCCCCN2)CC1. The number of carbonyl (C=O) groups excluding carboxylic acids is 1. The Morgan fingerprint density at radius 2 is 1.95 bits per heavy atom. The fourth-order valence-corrected chi connectivity index (χ4v) is 3.23. The average molecular weight is 267 g/mol. The Morgan fingerprint density at radius 1 is 1.21 bits per heavy atom. The molecule has 4 nitrogen and oxygen atoms in total. The molecule has 0 radical (unpaired) electrons. The monoisotopic (exact) mass is 267 g/mol. The summed E-state index contributed by atoms with van der Waals surface area (Å²) in [6.45, 7) is 4.28. The largest absolute Gasteiger partial charge is 0.344 e. The first-order valence-corrected chi connectivity index (χ1v) is 7.83. The third-order valence-electron chi connectivity index (χ3n) is 4.60. The van der Waals surface area contributed by atoms with Gasteiger partial charge in [0, 0.05) is 13.6 Å². The standard InChI is InChI=1S/C15H29N3O/c1-17-10-7-13(8-11-17)12-18(2)15(19)14-6-4-3-5-9-16-14/h13-14,16H,3-12H2,1-2H3. The van der Waals surface area contributed by atoms with Gasteiger partial charge in [-0.2, -0.15) is 0 Å². The third kappa shape index (κ3) is 4.46. The molecule has 0 saturated carbocycles. The maximum atomic E-state index is 12.4. The number of hydrogen-bond donors (Lipinski definition) is 1. The van der Waals surface area contributed by atoms with E-state index in [1.165, 1.54) is 45.2 Å². The second-order valence-electron chi connectivity index (χ2n) is 6.32. The van der Waals surface area contributed by atoms with Gasteiger partial charge in [-0.3, -0.25) is 4.79 Å². The van der Waals surface area contributed by atoms with Gasteiger partial charge >= 0.3 is 0 Å². The van der Waals surface area contributed by atoms with Crippen molar-refractivity contribution in [3.05, 3.63) is 0 Å². The maximum absolute atomic E-state index is 12.4. The molecule has 2 rings (SSSR count). The molecule has 2 aliphatic heterocycles. The van der Waals surface area contributed by atoms with Gasteiger partial charge in [-0.15, -0.1) is 0 Å². The molecule has 2 heterocycles. The van der Waals surface area contributed by atoms with E-state index in [1.54, 1.807) is 0 Å². The third-order valence-corrected chi connectivity index (χ3v) is 4.60. The highest BCUT2D eigenvalue weighted by Crippen LogP contribution is 2.18. The maximum Gasteiger partial charge on any atom is 0.239 e. The Kier molecular flexibility index (Phi) is 5.64. The Morgan fingerprint density at radius 3 is 2.68 bits per heavy atom. The number of likely N-dealkylation sites (N-methyl/N-ethyl adjacent to an activating group) is 1. The molecule has 110 valence electrons. The van der Waals surface area contributed by atoms with Gasteiger partial charge in [-0.1, -0.05) is 12.8 Å². The highest BCUT2D eigenvalue weighted by atomic mass is 16.2. The van der Waals surface area contributed by atoms with Crippen LogP contribution in [0.15, 0.2) is 0 Å². The van der Waals surface area contributed by atoms with Crippen molar-refractivity contribution in [2.75, 3.05) is 40.3 Å². The smallest absolute Gasteiger partial charge is 0.239 e. The highest BCUT2D eigenvalue weighted by Gasteiger charge is 2.25. The first-order valence-electron chi connectivity index (χ1n) is 7.83. The quantitative estimate of drug-likeness (QED) is 0.838. The zero-order chi connectivity index (χ0) is 13.7. The molecule has 1 unspecified atom stereocenters. The number of amides is 1. The van der Waals surface area contributed by atoms with Crippen molar-refractivity contribution in [3.63, 3.8) is 0 Å². The van der Waals surface area contributed by atoms with E-state index in [-0.39, 0.29) is 6.04 Å². The summed E-state index contributed by atoms with van der Waals surface area (Å²) in [5.74, 6) is 0.997. The molecule has 2 fully saturated rings. The predicted molar refractivity (Wildman–Crippen MR) is 78.1 cm³/mol. The van der Waals surface area contributed by atoms with E-state index in [1.807, 2.05) is 11.9 Å². The molecule has 2 saturated heterocycles. The summed E-state index contributed by atoms with van der Waals surface area (Å²) in [6, 6.07) is 0.0683. The number of piperidine rings is 1. The molecule has 0 spiro atoms. The van der Waals surface area contributed by atoms with Crippen LogP contribution in [0.3, 0.4) is 0 Å². The summed E-state index contributed by atoms with van der Waals surface area (Å²) in [6.07, 6.45) is 7.12. The molecule has 1 amide bonds. The Labute approximate surface area is 117 Å². The summed E-state index contributed by atoms with van der Waals surface area (Å²) in [5, 5.41) is 3.41. The second-order valence-corrected chi connectivity index (χ2v) is 6.32. The summed E-state index contributed by atoms with van der Waals surface area (Å²) >= 11 is 0. The van der Waals surface area contributed by atoms with E-state index >= 15 is 0 Å². The number of likely N-dealkylation sites (tertiary alicyclic amines) is 1. The first-order chi connectivity index (χ1) is 9.16. The lowest BCUT2D eigenvalue weighted by molar-refractivity contribution is -0.133. The lowest BCUT2D eigenvalue weighted by Crippen LogP contribution is -2.47. The fourth-order valence-electron chi connectivity index (χ4n) is 3.23. The summed E-state index contributed by atoms with van der Waals surface area (Å²) in [5.41, 5.74) is 0. The molecule has 1 N–H and O–H groups in total. The van der Waals surface area contributed by atoms with E-state index < -0.39 is 0 Å². The molecular weight excluding hydrogens is 238 g/mol. The normalized spacial score (nSPS) is 26.9. The van der Waals surface area contributed by atoms with Gasteiger partial charge < -0.3 is 15.1 Å². The minimum atomic E-state index is 0.0683. The van der Waals surface area contributed by atoms with Gasteiger partial charge in [-0.25, -0.2) is 0 Å². The number of hydrogen-bond acceptors (Lipinski definition) is 3. The number of nitrogens with one attached hydrogen (secondary N) is 1. The predicted octanol–water partition coefficient (Wildman–Crippen LogP) is 1.32. The summed E-state index contributed by atoms with van der Waals surface area (Å²) in [7, 11) is 4.16. The van der Waals surface area contributed by atoms with Crippen molar-refractivity contribution >= 4 is 5.91 Å². The molecule has 0 aromatic rings. The van der Waals surface area contributed by atoms with Crippen molar-refractivity contribution in [1.29, 1.82) is 0 Å². The van der Waals surface area contributed by atoms with Crippen molar-refractivity contribution in [2.24, 2.45) is 5.92 Å². The van der Waals surface area contributed by atoms with Gasteiger partial charge in [0.05, 0.1) is 6.04 Å². The number of rotatable bonds is 3. The first kappa shape index (κ1) is 14.8. The topological polar surface area (TPSA) is 35.6 Å². The molecule has 4 heteroatoms. The van der Waals surface area contributed by atoms with Gasteiger partial charge in [0.15, 0.2) is 0 Å². The Bertz CT molecular complexity index is 279. The van der Waals surface area contributed by atoms with Crippen LogP contribution in [0, 0.1) is 5.92 Å². The van der Waals surface area contributed by atoms with E-state index in [2.05, 4.69) is 17.3 Å². The minimum absolute atomic E-state index is 0.0683. The number of nitrogens with zero attached hydrogens (tertiary/aromatic N) is 2. The van der Waals surface area contributed by atoms with Crippen LogP contribution in [-0.2, 0) is 4.79 Å². The highest BCUT2D eigenvalue weighted by molar-refractivity contribution is 5.81. The second kappa shape index (κ2) is 7.25. The number of carbonyl (C=O) groups is 1. The van der Waals surface area contributed by atoms with E-state index in [0.717, 1.165) is 19.5 Å². The van der Waals surface area contributed by atoms with Crippen molar-refractivity contribution in [1.82, 2.24) is 15.1 Å². The molecule has 2 aliphatic rings. The van der Waals surface area contributed by atoms with Gasteiger partial charge in [-0.05, 0) is 58.3 Å². The fraction of sp³-hybridized carbons (Fsp3) is 0.933. The lowest BCUT2D eigenvalue weighted by atomic mass is 9.96. The van der Waals surface area contributed by atoms with Crippen LogP contribution >= 0.6 is 0 Å². The van der Waals surface area contributed by atoms with Crippen LogP contribution in [0.25, 0.3) is 0 Å². The lowest BCUT2D eigenvalue weighted by Gasteiger charge is -2.32. The van der Waals surface area contributed by atoms with E-state index in [0.29, 0.717) is 11.8 Å². The summed E-state index contributed by atoms with van der Waals surface area (Å²) in [4.78, 5) is 16.8. The van der Waals surface area contributed by atoms with Gasteiger partial charge in [0.25, 0.3) is 0 Å². The molecule has 1 atom stereocenters. The van der Waals surface area contributed by atoms with E-state index in [9.17, 15) is 4.79 Å². The zero-order valence-corrected chi connectivity index (χ0v) is 12.5. The summed E-state index contributed by atoms with van der Waals surface area (Å²) < 4.78 is 0. The van der Waals surface area contributed by atoms with Gasteiger partial charge in [0.1, 0.15) is 0 Å².